The molecule has 1 aliphatic heterocycles. The molecule has 1 rings (SSSR count). The average Bonchev–Trinajstić information content (AvgIpc) is 2.38. The van der Waals surface area contributed by atoms with Crippen LogP contribution in [0.2, 0.25) is 0 Å². The van der Waals surface area contributed by atoms with Crippen molar-refractivity contribution in [2.45, 2.75) is 20.8 Å². The highest BCUT2D eigenvalue weighted by molar-refractivity contribution is 4.90. The van der Waals surface area contributed by atoms with E-state index in [1.54, 1.807) is 0 Å². The molecule has 3 heteroatoms. The van der Waals surface area contributed by atoms with Gasteiger partial charge in [-0.3, -0.25) is 0 Å². The van der Waals surface area contributed by atoms with E-state index in [2.05, 4.69) is 18.7 Å². The lowest BCUT2D eigenvalue weighted by Gasteiger charge is -2.25. The Hall–Kier alpha value is -0.120. The third-order valence-corrected chi connectivity index (χ3v) is 3.15. The summed E-state index contributed by atoms with van der Waals surface area (Å²) in [6.07, 6.45) is 0. The van der Waals surface area contributed by atoms with Crippen molar-refractivity contribution in [1.29, 1.82) is 0 Å². The summed E-state index contributed by atoms with van der Waals surface area (Å²) in [6.45, 7) is 11.5. The lowest BCUT2D eigenvalue weighted by molar-refractivity contribution is 0.0795. The Morgan fingerprint density at radius 2 is 2.21 bits per heavy atom. The van der Waals surface area contributed by atoms with Gasteiger partial charge in [-0.15, -0.1) is 0 Å². The van der Waals surface area contributed by atoms with Gasteiger partial charge >= 0.3 is 0 Å². The average molecular weight is 201 g/mol. The van der Waals surface area contributed by atoms with Gasteiger partial charge in [-0.05, 0) is 12.3 Å². The smallest absolute Gasteiger partial charge is 0.0558 e. The van der Waals surface area contributed by atoms with Crippen LogP contribution < -0.4 is 0 Å². The van der Waals surface area contributed by atoms with Crippen molar-refractivity contribution < 1.29 is 9.84 Å². The number of likely N-dealkylation sites (tertiary alicyclic amines) is 1. The van der Waals surface area contributed by atoms with Crippen LogP contribution in [-0.4, -0.2) is 49.5 Å². The number of β-amino-alcohol motifs (C(OH)–C–C–N with tert-alkyl or cyclic N) is 1. The normalized spacial score (nSPS) is 27.0. The highest BCUT2D eigenvalue weighted by atomic mass is 16.5. The maximum absolute atomic E-state index is 8.89. The molecule has 0 spiro atoms. The van der Waals surface area contributed by atoms with Crippen molar-refractivity contribution in [3.63, 3.8) is 0 Å². The number of aliphatic hydroxyl groups is 1. The molecule has 0 aromatic carbocycles. The van der Waals surface area contributed by atoms with Gasteiger partial charge in [0.2, 0.25) is 0 Å². The largest absolute Gasteiger partial charge is 0.395 e. The third-order valence-electron chi connectivity index (χ3n) is 3.15. The zero-order valence-electron chi connectivity index (χ0n) is 9.62. The summed E-state index contributed by atoms with van der Waals surface area (Å²) in [7, 11) is 0. The number of ether oxygens (including phenoxy) is 1. The van der Waals surface area contributed by atoms with E-state index in [4.69, 9.17) is 9.84 Å². The van der Waals surface area contributed by atoms with Crippen LogP contribution in [0.5, 0.6) is 0 Å². The molecule has 0 saturated carbocycles. The molecule has 1 saturated heterocycles. The summed E-state index contributed by atoms with van der Waals surface area (Å²) < 4.78 is 5.49. The maximum Gasteiger partial charge on any atom is 0.0558 e. The first kappa shape index (κ1) is 12.0. The predicted octanol–water partition coefficient (Wildman–Crippen LogP) is 0.973. The molecule has 1 aliphatic rings. The second-order valence-electron chi connectivity index (χ2n) is 4.80. The molecule has 1 N–H and O–H groups in total. The van der Waals surface area contributed by atoms with E-state index >= 15 is 0 Å². The van der Waals surface area contributed by atoms with Gasteiger partial charge in [0, 0.05) is 32.2 Å². The molecule has 1 fully saturated rings. The van der Waals surface area contributed by atoms with E-state index in [1.807, 2.05) is 6.92 Å². The second kappa shape index (κ2) is 5.10. The van der Waals surface area contributed by atoms with Gasteiger partial charge in [-0.25, -0.2) is 0 Å². The molecule has 1 atom stereocenters. The van der Waals surface area contributed by atoms with E-state index in [9.17, 15) is 0 Å². The Kier molecular flexibility index (Phi) is 4.35. The Bertz CT molecular complexity index is 171. The van der Waals surface area contributed by atoms with Crippen LogP contribution in [0.4, 0.5) is 0 Å². The molecule has 0 aromatic heterocycles. The Labute approximate surface area is 87.1 Å². The summed E-state index contributed by atoms with van der Waals surface area (Å²) >= 11 is 0. The Balaban J connectivity index is 2.42. The van der Waals surface area contributed by atoms with Crippen molar-refractivity contribution >= 4 is 0 Å². The monoisotopic (exact) mass is 201 g/mol. The molecule has 14 heavy (non-hydrogen) atoms. The summed E-state index contributed by atoms with van der Waals surface area (Å²) in [4.78, 5) is 2.32. The topological polar surface area (TPSA) is 32.7 Å². The minimum Gasteiger partial charge on any atom is -0.395 e. The quantitative estimate of drug-likeness (QED) is 0.719. The summed E-state index contributed by atoms with van der Waals surface area (Å²) in [5.74, 6) is 0.606. The van der Waals surface area contributed by atoms with Crippen molar-refractivity contribution in [1.82, 2.24) is 4.90 Å². The molecule has 0 aromatic rings. The molecule has 84 valence electrons. The molecule has 0 unspecified atom stereocenters. The van der Waals surface area contributed by atoms with Crippen LogP contribution in [0.1, 0.15) is 20.8 Å². The van der Waals surface area contributed by atoms with Crippen LogP contribution in [-0.2, 0) is 4.74 Å². The maximum atomic E-state index is 8.89. The summed E-state index contributed by atoms with van der Waals surface area (Å²) in [5, 5.41) is 8.89. The minimum atomic E-state index is 0.261. The van der Waals surface area contributed by atoms with Gasteiger partial charge in [0.25, 0.3) is 0 Å². The van der Waals surface area contributed by atoms with Crippen molar-refractivity contribution in [2.24, 2.45) is 11.3 Å². The molecule has 0 radical (unpaired) electrons. The molecule has 0 bridgehead atoms. The number of aliphatic hydroxyl groups excluding tert-OH is 1. The molecular weight excluding hydrogens is 178 g/mol. The van der Waals surface area contributed by atoms with E-state index in [0.29, 0.717) is 11.3 Å². The molecular formula is C11H23NO2. The third kappa shape index (κ3) is 2.94. The fourth-order valence-corrected chi connectivity index (χ4v) is 2.18. The van der Waals surface area contributed by atoms with Crippen LogP contribution in [0.15, 0.2) is 0 Å². The summed E-state index contributed by atoms with van der Waals surface area (Å²) in [6, 6.07) is 0. The van der Waals surface area contributed by atoms with Gasteiger partial charge in [0.15, 0.2) is 0 Å². The SMILES string of the molecule is CCOC[C@H]1CN(CCO)CC1(C)C. The first-order chi connectivity index (χ1) is 6.60. The van der Waals surface area contributed by atoms with Gasteiger partial charge in [-0.1, -0.05) is 13.8 Å². The van der Waals surface area contributed by atoms with Crippen LogP contribution in [0, 0.1) is 11.3 Å². The lowest BCUT2D eigenvalue weighted by atomic mass is 9.83. The first-order valence-electron chi connectivity index (χ1n) is 5.51. The summed E-state index contributed by atoms with van der Waals surface area (Å²) in [5.41, 5.74) is 0.324. The standard InChI is InChI=1S/C11H23NO2/c1-4-14-8-10-7-12(5-6-13)9-11(10,2)3/h10,13H,4-9H2,1-3H3/t10-/m1/s1. The number of rotatable bonds is 5. The molecule has 1 heterocycles. The van der Waals surface area contributed by atoms with Crippen molar-refractivity contribution in [3.05, 3.63) is 0 Å². The van der Waals surface area contributed by atoms with Gasteiger partial charge in [0.05, 0.1) is 13.2 Å². The molecule has 0 amide bonds. The predicted molar refractivity (Wildman–Crippen MR) is 57.3 cm³/mol. The highest BCUT2D eigenvalue weighted by Gasteiger charge is 2.38. The number of hydrogen-bond acceptors (Lipinski definition) is 3. The van der Waals surface area contributed by atoms with Gasteiger partial charge < -0.3 is 14.7 Å². The van der Waals surface area contributed by atoms with Gasteiger partial charge in [0.1, 0.15) is 0 Å². The minimum absolute atomic E-state index is 0.261. The fraction of sp³-hybridized carbons (Fsp3) is 1.00. The van der Waals surface area contributed by atoms with E-state index in [1.165, 1.54) is 0 Å². The van der Waals surface area contributed by atoms with Crippen LogP contribution in [0.25, 0.3) is 0 Å². The molecule has 3 nitrogen and oxygen atoms in total. The first-order valence-corrected chi connectivity index (χ1v) is 5.51. The number of nitrogens with zero attached hydrogens (tertiary/aromatic N) is 1. The number of hydrogen-bond donors (Lipinski definition) is 1. The molecule has 0 aliphatic carbocycles. The van der Waals surface area contributed by atoms with E-state index in [0.717, 1.165) is 32.8 Å². The van der Waals surface area contributed by atoms with Crippen LogP contribution >= 0.6 is 0 Å². The van der Waals surface area contributed by atoms with Crippen LogP contribution in [0.3, 0.4) is 0 Å². The van der Waals surface area contributed by atoms with Crippen molar-refractivity contribution in [2.75, 3.05) is 39.5 Å². The zero-order valence-corrected chi connectivity index (χ0v) is 9.62. The zero-order chi connectivity index (χ0) is 10.6. The van der Waals surface area contributed by atoms with Gasteiger partial charge in [-0.2, -0.15) is 0 Å². The van der Waals surface area contributed by atoms with Crippen molar-refractivity contribution in [3.8, 4) is 0 Å². The van der Waals surface area contributed by atoms with E-state index in [-0.39, 0.29) is 6.61 Å². The Morgan fingerprint density at radius 1 is 1.50 bits per heavy atom. The lowest BCUT2D eigenvalue weighted by Crippen LogP contribution is -2.26. The highest BCUT2D eigenvalue weighted by Crippen LogP contribution is 2.34. The fourth-order valence-electron chi connectivity index (χ4n) is 2.18. The van der Waals surface area contributed by atoms with E-state index < -0.39 is 0 Å². The second-order valence-corrected chi connectivity index (χ2v) is 4.80. The Morgan fingerprint density at radius 3 is 2.79 bits per heavy atom.